The Kier molecular flexibility index (Phi) is 6.61. The van der Waals surface area contributed by atoms with E-state index in [0.29, 0.717) is 42.2 Å². The molecule has 4 atom stereocenters. The van der Waals surface area contributed by atoms with Crippen molar-refractivity contribution in [3.63, 3.8) is 0 Å². The lowest BCUT2D eigenvalue weighted by Gasteiger charge is -2.37. The second kappa shape index (κ2) is 8.59. The third kappa shape index (κ3) is 4.55. The molecule has 1 saturated heterocycles. The number of rotatable bonds is 5. The fourth-order valence-corrected chi connectivity index (χ4v) is 6.85. The lowest BCUT2D eigenvalue weighted by atomic mass is 9.78. The summed E-state index contributed by atoms with van der Waals surface area (Å²) in [5.74, 6) is 1.26. The van der Waals surface area contributed by atoms with Crippen LogP contribution in [0.3, 0.4) is 0 Å². The zero-order valence-electron chi connectivity index (χ0n) is 16.5. The van der Waals surface area contributed by atoms with E-state index in [-0.39, 0.29) is 18.0 Å². The molecular formula is C19H32N3O3S2+. The summed E-state index contributed by atoms with van der Waals surface area (Å²) in [6.07, 6.45) is 3.48. The molecule has 0 spiro atoms. The number of hydrogen-bond donors (Lipinski definition) is 2. The zero-order valence-corrected chi connectivity index (χ0v) is 18.1. The maximum atomic E-state index is 12.8. The second-order valence-corrected chi connectivity index (χ2v) is 11.2. The molecule has 1 amide bonds. The zero-order chi connectivity index (χ0) is 19.6. The first kappa shape index (κ1) is 20.8. The number of carbonyl (C=O) groups excluding carboxylic acids is 1. The Bertz CT molecular complexity index is 727. The monoisotopic (exact) mass is 414 g/mol. The van der Waals surface area contributed by atoms with Crippen molar-refractivity contribution in [2.24, 2.45) is 11.8 Å². The molecule has 0 aromatic carbocycles. The van der Waals surface area contributed by atoms with Crippen molar-refractivity contribution in [1.82, 2.24) is 9.62 Å². The molecule has 1 aliphatic heterocycles. The van der Waals surface area contributed by atoms with E-state index in [2.05, 4.69) is 19.2 Å². The molecule has 1 aromatic heterocycles. The normalized spacial score (nSPS) is 29.4. The highest BCUT2D eigenvalue weighted by Crippen LogP contribution is 2.29. The average Bonchev–Trinajstić information content (AvgIpc) is 3.20. The van der Waals surface area contributed by atoms with Crippen LogP contribution in [0, 0.1) is 11.8 Å². The highest BCUT2D eigenvalue weighted by Gasteiger charge is 2.36. The highest BCUT2D eigenvalue weighted by molar-refractivity contribution is 7.91. The van der Waals surface area contributed by atoms with Gasteiger partial charge in [-0.15, -0.1) is 11.3 Å². The van der Waals surface area contributed by atoms with E-state index < -0.39 is 10.0 Å². The van der Waals surface area contributed by atoms with Crippen molar-refractivity contribution in [2.75, 3.05) is 26.2 Å². The van der Waals surface area contributed by atoms with Gasteiger partial charge in [0, 0.05) is 6.04 Å². The molecule has 1 saturated carbocycles. The summed E-state index contributed by atoms with van der Waals surface area (Å²) < 4.78 is 27.2. The Hall–Kier alpha value is -0.960. The van der Waals surface area contributed by atoms with Crippen LogP contribution in [0.1, 0.15) is 40.0 Å². The molecule has 2 N–H and O–H groups in total. The first-order valence-corrected chi connectivity index (χ1v) is 12.3. The maximum Gasteiger partial charge on any atom is 0.278 e. The largest absolute Gasteiger partial charge is 0.348 e. The number of quaternary nitrogens is 1. The van der Waals surface area contributed by atoms with E-state index in [1.165, 1.54) is 29.1 Å². The minimum atomic E-state index is -3.39. The first-order valence-electron chi connectivity index (χ1n) is 9.99. The molecule has 2 aliphatic rings. The quantitative estimate of drug-likeness (QED) is 0.754. The number of amides is 1. The van der Waals surface area contributed by atoms with Gasteiger partial charge < -0.3 is 10.2 Å². The second-order valence-electron chi connectivity index (χ2n) is 8.10. The van der Waals surface area contributed by atoms with Gasteiger partial charge in [-0.05, 0) is 36.6 Å². The molecule has 0 bridgehead atoms. The fourth-order valence-electron chi connectivity index (χ4n) is 4.26. The van der Waals surface area contributed by atoms with E-state index in [0.717, 1.165) is 6.42 Å². The minimum absolute atomic E-state index is 0.102. The van der Waals surface area contributed by atoms with E-state index in [1.54, 1.807) is 21.8 Å². The number of carbonyl (C=O) groups is 1. The van der Waals surface area contributed by atoms with E-state index >= 15 is 0 Å². The number of thiophene rings is 1. The summed E-state index contributed by atoms with van der Waals surface area (Å²) in [6.45, 7) is 8.72. The molecule has 0 unspecified atom stereocenters. The Balaban J connectivity index is 1.53. The van der Waals surface area contributed by atoms with Crippen LogP contribution < -0.4 is 10.2 Å². The van der Waals surface area contributed by atoms with Gasteiger partial charge in [-0.3, -0.25) is 4.79 Å². The van der Waals surface area contributed by atoms with Crippen LogP contribution in [0.4, 0.5) is 0 Å². The SMILES string of the molecule is C[C@@H]1[C@H](C)CCC[C@H]1NC(=O)[C@@H](C)[NH+]1CCN(S(=O)(=O)c2cccs2)CC1. The summed E-state index contributed by atoms with van der Waals surface area (Å²) in [5.41, 5.74) is 0. The Morgan fingerprint density at radius 3 is 2.63 bits per heavy atom. The molecule has 1 aromatic rings. The molecule has 3 rings (SSSR count). The lowest BCUT2D eigenvalue weighted by Crippen LogP contribution is -3.19. The summed E-state index contributed by atoms with van der Waals surface area (Å²) in [6, 6.07) is 3.53. The van der Waals surface area contributed by atoms with E-state index in [4.69, 9.17) is 0 Å². The van der Waals surface area contributed by atoms with Gasteiger partial charge in [0.15, 0.2) is 6.04 Å². The highest BCUT2D eigenvalue weighted by atomic mass is 32.2. The maximum absolute atomic E-state index is 12.8. The van der Waals surface area contributed by atoms with Gasteiger partial charge in [-0.25, -0.2) is 8.42 Å². The smallest absolute Gasteiger partial charge is 0.278 e. The molecule has 27 heavy (non-hydrogen) atoms. The summed E-state index contributed by atoms with van der Waals surface area (Å²) in [4.78, 5) is 13.9. The molecule has 0 radical (unpaired) electrons. The Morgan fingerprint density at radius 1 is 1.30 bits per heavy atom. The van der Waals surface area contributed by atoms with Crippen LogP contribution in [-0.4, -0.2) is 56.9 Å². The van der Waals surface area contributed by atoms with E-state index in [1.807, 2.05) is 6.92 Å². The van der Waals surface area contributed by atoms with Gasteiger partial charge in [0.1, 0.15) is 4.21 Å². The van der Waals surface area contributed by atoms with Crippen LogP contribution in [0.2, 0.25) is 0 Å². The molecule has 1 aliphatic carbocycles. The van der Waals surface area contributed by atoms with Crippen LogP contribution in [0.15, 0.2) is 21.7 Å². The van der Waals surface area contributed by atoms with Crippen molar-refractivity contribution in [3.8, 4) is 0 Å². The van der Waals surface area contributed by atoms with Crippen LogP contribution in [0.25, 0.3) is 0 Å². The van der Waals surface area contributed by atoms with Crippen LogP contribution in [-0.2, 0) is 14.8 Å². The number of nitrogens with zero attached hydrogens (tertiary/aromatic N) is 1. The third-order valence-corrected chi connectivity index (χ3v) is 9.77. The predicted octanol–water partition coefficient (Wildman–Crippen LogP) is 0.967. The molecule has 8 heteroatoms. The van der Waals surface area contributed by atoms with Gasteiger partial charge >= 0.3 is 0 Å². The predicted molar refractivity (Wildman–Crippen MR) is 107 cm³/mol. The Labute approximate surface area is 167 Å². The molecule has 6 nitrogen and oxygen atoms in total. The summed E-state index contributed by atoms with van der Waals surface area (Å²) in [7, 11) is -3.39. The van der Waals surface area contributed by atoms with Gasteiger partial charge in [0.2, 0.25) is 0 Å². The summed E-state index contributed by atoms with van der Waals surface area (Å²) >= 11 is 1.25. The van der Waals surface area contributed by atoms with Gasteiger partial charge in [0.25, 0.3) is 15.9 Å². The van der Waals surface area contributed by atoms with Crippen LogP contribution in [0.5, 0.6) is 0 Å². The Morgan fingerprint density at radius 2 is 2.00 bits per heavy atom. The topological polar surface area (TPSA) is 70.9 Å². The average molecular weight is 415 g/mol. The van der Waals surface area contributed by atoms with E-state index in [9.17, 15) is 13.2 Å². The number of nitrogens with one attached hydrogen (secondary N) is 2. The molecular weight excluding hydrogens is 382 g/mol. The van der Waals surface area contributed by atoms with Crippen molar-refractivity contribution in [2.45, 2.75) is 56.3 Å². The first-order chi connectivity index (χ1) is 12.8. The van der Waals surface area contributed by atoms with Crippen molar-refractivity contribution in [3.05, 3.63) is 17.5 Å². The fraction of sp³-hybridized carbons (Fsp3) is 0.737. The third-order valence-electron chi connectivity index (χ3n) is 6.49. The van der Waals surface area contributed by atoms with Crippen molar-refractivity contribution in [1.29, 1.82) is 0 Å². The summed E-state index contributed by atoms with van der Waals surface area (Å²) in [5, 5.41) is 5.06. The number of piperazine rings is 1. The number of hydrogen-bond acceptors (Lipinski definition) is 4. The van der Waals surface area contributed by atoms with Gasteiger partial charge in [0.05, 0.1) is 26.2 Å². The standard InChI is InChI=1S/C19H31N3O3S2/c1-14-6-4-7-17(15(14)2)20-19(23)16(3)21-9-11-22(12-10-21)27(24,25)18-8-5-13-26-18/h5,8,13-17H,4,6-7,9-12H2,1-3H3,(H,20,23)/p+1/t14-,15-,16-,17-/m1/s1. The van der Waals surface area contributed by atoms with Crippen molar-refractivity contribution >= 4 is 27.3 Å². The molecule has 152 valence electrons. The van der Waals surface area contributed by atoms with Gasteiger partial charge in [-0.1, -0.05) is 32.8 Å². The minimum Gasteiger partial charge on any atom is -0.348 e. The van der Waals surface area contributed by atoms with Crippen LogP contribution >= 0.6 is 11.3 Å². The molecule has 2 fully saturated rings. The lowest BCUT2D eigenvalue weighted by molar-refractivity contribution is -0.917. The molecule has 2 heterocycles. The van der Waals surface area contributed by atoms with Crippen molar-refractivity contribution < 1.29 is 18.1 Å². The number of sulfonamides is 1. The van der Waals surface area contributed by atoms with Gasteiger partial charge in [-0.2, -0.15) is 4.31 Å².